The summed E-state index contributed by atoms with van der Waals surface area (Å²) >= 11 is 0. The first-order valence-electron chi connectivity index (χ1n) is 10.8. The number of ketones is 1. The molecule has 1 aromatic heterocycles. The maximum atomic E-state index is 13.2. The lowest BCUT2D eigenvalue weighted by atomic mass is 9.95. The molecule has 4 rings (SSSR count). The van der Waals surface area contributed by atoms with Crippen LogP contribution >= 0.6 is 0 Å². The Morgan fingerprint density at radius 2 is 1.58 bits per heavy atom. The molecule has 3 aromatic rings. The molecular formula is C27H26N2O4. The Hall–Kier alpha value is -3.93. The molecule has 1 amide bonds. The molecule has 2 heterocycles. The van der Waals surface area contributed by atoms with Crippen LogP contribution in [0.5, 0.6) is 5.75 Å². The van der Waals surface area contributed by atoms with Gasteiger partial charge in [-0.05, 0) is 92.9 Å². The summed E-state index contributed by atoms with van der Waals surface area (Å²) in [7, 11) is 0. The van der Waals surface area contributed by atoms with Crippen molar-refractivity contribution in [2.24, 2.45) is 0 Å². The van der Waals surface area contributed by atoms with Crippen LogP contribution < -0.4 is 9.64 Å². The number of benzene rings is 2. The zero-order valence-electron chi connectivity index (χ0n) is 19.1. The number of anilines is 1. The van der Waals surface area contributed by atoms with Crippen LogP contribution in [0.15, 0.2) is 72.6 Å². The van der Waals surface area contributed by atoms with Gasteiger partial charge in [0.1, 0.15) is 11.5 Å². The molecule has 1 aliphatic rings. The minimum atomic E-state index is -0.777. The second kappa shape index (κ2) is 8.90. The van der Waals surface area contributed by atoms with E-state index in [1.165, 1.54) is 4.90 Å². The highest BCUT2D eigenvalue weighted by atomic mass is 16.5. The lowest BCUT2D eigenvalue weighted by Gasteiger charge is -2.26. The Kier molecular flexibility index (Phi) is 6.01. The van der Waals surface area contributed by atoms with Crippen LogP contribution in [0, 0.1) is 13.8 Å². The molecule has 0 radical (unpaired) electrons. The Balaban J connectivity index is 1.87. The average Bonchev–Trinajstić information content (AvgIpc) is 3.04. The topological polar surface area (TPSA) is 79.7 Å². The van der Waals surface area contributed by atoms with Crippen molar-refractivity contribution in [3.8, 4) is 5.75 Å². The zero-order chi connectivity index (χ0) is 23.7. The van der Waals surface area contributed by atoms with Crippen LogP contribution in [0.3, 0.4) is 0 Å². The number of Topliss-reactive ketones (excluding diaryl/α,β-unsaturated/α-hetero) is 1. The van der Waals surface area contributed by atoms with Gasteiger partial charge in [-0.1, -0.05) is 6.07 Å². The van der Waals surface area contributed by atoms with Crippen LogP contribution in [-0.2, 0) is 9.59 Å². The van der Waals surface area contributed by atoms with Crippen LogP contribution in [0.4, 0.5) is 5.69 Å². The molecule has 0 bridgehead atoms. The summed E-state index contributed by atoms with van der Waals surface area (Å²) in [6.45, 7) is 7.73. The molecule has 1 fully saturated rings. The van der Waals surface area contributed by atoms with E-state index in [0.29, 0.717) is 22.6 Å². The summed E-state index contributed by atoms with van der Waals surface area (Å²) in [5.41, 5.74) is 3.72. The van der Waals surface area contributed by atoms with Crippen molar-refractivity contribution in [3.63, 3.8) is 0 Å². The fourth-order valence-electron chi connectivity index (χ4n) is 4.17. The van der Waals surface area contributed by atoms with Gasteiger partial charge in [-0.3, -0.25) is 19.5 Å². The smallest absolute Gasteiger partial charge is 0.300 e. The molecule has 0 aliphatic carbocycles. The third-order valence-corrected chi connectivity index (χ3v) is 5.45. The number of aliphatic hydroxyl groups excluding tert-OH is 1. The molecule has 6 nitrogen and oxygen atoms in total. The number of ether oxygens (including phenoxy) is 1. The molecule has 0 saturated carbocycles. The number of pyridine rings is 1. The van der Waals surface area contributed by atoms with Gasteiger partial charge in [-0.25, -0.2) is 0 Å². The minimum absolute atomic E-state index is 0.0132. The number of hydrogen-bond donors (Lipinski definition) is 1. The van der Waals surface area contributed by atoms with Crippen molar-refractivity contribution in [2.75, 3.05) is 4.90 Å². The van der Waals surface area contributed by atoms with Gasteiger partial charge in [0.05, 0.1) is 17.7 Å². The molecule has 1 N–H and O–H groups in total. The first kappa shape index (κ1) is 22.3. The fraction of sp³-hybridized carbons (Fsp3) is 0.222. The second-order valence-corrected chi connectivity index (χ2v) is 8.49. The third-order valence-electron chi connectivity index (χ3n) is 5.45. The SMILES string of the molecule is Cc1cc(C)cc(N2C(=O)C(=O)/C(=C(/O)c3ccc(OC(C)C)cc3)C2c2ccncc2)c1. The number of carbonyl (C=O) groups is 2. The molecule has 0 spiro atoms. The molecular weight excluding hydrogens is 416 g/mol. The van der Waals surface area contributed by atoms with Gasteiger partial charge in [-0.15, -0.1) is 0 Å². The summed E-state index contributed by atoms with van der Waals surface area (Å²) in [4.78, 5) is 32.0. The van der Waals surface area contributed by atoms with Crippen LogP contribution in [0.1, 0.15) is 42.1 Å². The molecule has 1 unspecified atom stereocenters. The van der Waals surface area contributed by atoms with Gasteiger partial charge < -0.3 is 9.84 Å². The molecule has 33 heavy (non-hydrogen) atoms. The highest BCUT2D eigenvalue weighted by Gasteiger charge is 2.47. The predicted octanol–water partition coefficient (Wildman–Crippen LogP) is 5.11. The highest BCUT2D eigenvalue weighted by Crippen LogP contribution is 2.42. The van der Waals surface area contributed by atoms with Crippen molar-refractivity contribution >= 4 is 23.1 Å². The van der Waals surface area contributed by atoms with Crippen molar-refractivity contribution in [2.45, 2.75) is 39.8 Å². The maximum absolute atomic E-state index is 13.2. The Bertz CT molecular complexity index is 1210. The Morgan fingerprint density at radius 3 is 2.15 bits per heavy atom. The summed E-state index contributed by atoms with van der Waals surface area (Å²) in [5, 5.41) is 11.2. The van der Waals surface area contributed by atoms with E-state index in [-0.39, 0.29) is 17.4 Å². The van der Waals surface area contributed by atoms with E-state index in [1.54, 1.807) is 48.8 Å². The summed E-state index contributed by atoms with van der Waals surface area (Å²) in [5.74, 6) is -0.972. The number of hydrogen-bond acceptors (Lipinski definition) is 5. The van der Waals surface area contributed by atoms with E-state index >= 15 is 0 Å². The normalized spacial score (nSPS) is 17.6. The van der Waals surface area contributed by atoms with E-state index in [4.69, 9.17) is 4.74 Å². The van der Waals surface area contributed by atoms with Crippen LogP contribution in [0.25, 0.3) is 5.76 Å². The largest absolute Gasteiger partial charge is 0.507 e. The molecule has 168 valence electrons. The predicted molar refractivity (Wildman–Crippen MR) is 127 cm³/mol. The number of aryl methyl sites for hydroxylation is 2. The second-order valence-electron chi connectivity index (χ2n) is 8.49. The number of nitrogens with zero attached hydrogens (tertiary/aromatic N) is 2. The van der Waals surface area contributed by atoms with Gasteiger partial charge in [0, 0.05) is 23.6 Å². The molecule has 2 aromatic carbocycles. The van der Waals surface area contributed by atoms with E-state index in [0.717, 1.165) is 11.1 Å². The quantitative estimate of drug-likeness (QED) is 0.337. The van der Waals surface area contributed by atoms with E-state index in [9.17, 15) is 14.7 Å². The molecule has 1 aliphatic heterocycles. The van der Waals surface area contributed by atoms with Gasteiger partial charge in [0.2, 0.25) is 0 Å². The standard InChI is InChI=1S/C27H26N2O4/c1-16(2)33-22-7-5-20(6-8-22)25(30)23-24(19-9-11-28-12-10-19)29(27(32)26(23)31)21-14-17(3)13-18(4)15-21/h5-16,24,30H,1-4H3/b25-23+. The summed E-state index contributed by atoms with van der Waals surface area (Å²) < 4.78 is 5.67. The van der Waals surface area contributed by atoms with E-state index < -0.39 is 17.7 Å². The third kappa shape index (κ3) is 4.37. The van der Waals surface area contributed by atoms with Crippen molar-refractivity contribution in [1.29, 1.82) is 0 Å². The van der Waals surface area contributed by atoms with E-state index in [2.05, 4.69) is 4.98 Å². The summed E-state index contributed by atoms with van der Waals surface area (Å²) in [6, 6.07) is 15.3. The van der Waals surface area contributed by atoms with Crippen molar-refractivity contribution in [1.82, 2.24) is 4.98 Å². The number of rotatable bonds is 5. The Morgan fingerprint density at radius 1 is 0.970 bits per heavy atom. The van der Waals surface area contributed by atoms with Crippen molar-refractivity contribution in [3.05, 3.63) is 94.8 Å². The molecule has 1 saturated heterocycles. The minimum Gasteiger partial charge on any atom is -0.507 e. The molecule has 6 heteroatoms. The maximum Gasteiger partial charge on any atom is 0.300 e. The van der Waals surface area contributed by atoms with Gasteiger partial charge in [-0.2, -0.15) is 0 Å². The lowest BCUT2D eigenvalue weighted by molar-refractivity contribution is -0.132. The Labute approximate surface area is 193 Å². The number of carbonyl (C=O) groups excluding carboxylic acids is 2. The van der Waals surface area contributed by atoms with Crippen LogP contribution in [-0.4, -0.2) is 27.9 Å². The van der Waals surface area contributed by atoms with Gasteiger partial charge in [0.25, 0.3) is 11.7 Å². The average molecular weight is 443 g/mol. The molecule has 1 atom stereocenters. The first-order valence-corrected chi connectivity index (χ1v) is 10.8. The van der Waals surface area contributed by atoms with Gasteiger partial charge >= 0.3 is 0 Å². The fourth-order valence-corrected chi connectivity index (χ4v) is 4.17. The van der Waals surface area contributed by atoms with Crippen molar-refractivity contribution < 1.29 is 19.4 Å². The van der Waals surface area contributed by atoms with Gasteiger partial charge in [0.15, 0.2) is 0 Å². The highest BCUT2D eigenvalue weighted by molar-refractivity contribution is 6.51. The number of amides is 1. The number of aromatic nitrogens is 1. The summed E-state index contributed by atoms with van der Waals surface area (Å²) in [6.07, 6.45) is 3.23. The van der Waals surface area contributed by atoms with Crippen LogP contribution in [0.2, 0.25) is 0 Å². The van der Waals surface area contributed by atoms with E-state index in [1.807, 2.05) is 45.9 Å². The first-order chi connectivity index (χ1) is 15.8. The number of aliphatic hydroxyl groups is 1. The monoisotopic (exact) mass is 442 g/mol. The zero-order valence-corrected chi connectivity index (χ0v) is 19.1. The lowest BCUT2D eigenvalue weighted by Crippen LogP contribution is -2.29.